The molecule has 14 heavy (non-hydrogen) atoms. The van der Waals surface area contributed by atoms with Crippen LogP contribution in [0.1, 0.15) is 40.0 Å². The van der Waals surface area contributed by atoms with E-state index in [4.69, 9.17) is 0 Å². The first-order chi connectivity index (χ1) is 6.57. The van der Waals surface area contributed by atoms with Crippen molar-refractivity contribution in [2.75, 3.05) is 6.54 Å². The molecule has 0 aromatic rings. The fraction of sp³-hybridized carbons (Fsp3) is 0.909. The van der Waals surface area contributed by atoms with Crippen LogP contribution in [0.4, 0.5) is 0 Å². The lowest BCUT2D eigenvalue weighted by atomic mass is 10.0. The molecule has 1 aliphatic heterocycles. The summed E-state index contributed by atoms with van der Waals surface area (Å²) in [4.78, 5) is 14.0. The summed E-state index contributed by atoms with van der Waals surface area (Å²) in [7, 11) is 0. The summed E-state index contributed by atoms with van der Waals surface area (Å²) < 4.78 is 0. The molecular formula is C11H20BrNO. The Balaban J connectivity index is 2.62. The topological polar surface area (TPSA) is 20.3 Å². The molecule has 0 bridgehead atoms. The Bertz CT molecular complexity index is 205. The van der Waals surface area contributed by atoms with Crippen LogP contribution in [0.3, 0.4) is 0 Å². The fourth-order valence-electron chi connectivity index (χ4n) is 2.11. The fourth-order valence-corrected chi connectivity index (χ4v) is 2.38. The number of carbonyl (C=O) groups excluding carboxylic acids is 1. The van der Waals surface area contributed by atoms with Gasteiger partial charge in [-0.05, 0) is 25.2 Å². The first-order valence-corrected chi connectivity index (χ1v) is 6.44. The van der Waals surface area contributed by atoms with E-state index in [-0.39, 0.29) is 10.7 Å². The molecule has 3 heteroatoms. The normalized spacial score (nSPS) is 24.4. The standard InChI is InChI=1S/C11H20BrNO/c1-4-9(12)11(14)13-7-5-6-10(13)8(2)3/h8-10H,4-7H2,1-3H3. The van der Waals surface area contributed by atoms with Crippen molar-refractivity contribution >= 4 is 21.8 Å². The van der Waals surface area contributed by atoms with E-state index in [9.17, 15) is 4.79 Å². The monoisotopic (exact) mass is 261 g/mol. The summed E-state index contributed by atoms with van der Waals surface area (Å²) in [6, 6.07) is 0.467. The number of carbonyl (C=O) groups is 1. The van der Waals surface area contributed by atoms with E-state index in [1.54, 1.807) is 0 Å². The summed E-state index contributed by atoms with van der Waals surface area (Å²) in [5.41, 5.74) is 0. The third kappa shape index (κ3) is 2.50. The van der Waals surface area contributed by atoms with Crippen LogP contribution < -0.4 is 0 Å². The van der Waals surface area contributed by atoms with Gasteiger partial charge in [0.15, 0.2) is 0 Å². The second-order valence-electron chi connectivity index (χ2n) is 4.36. The highest BCUT2D eigenvalue weighted by molar-refractivity contribution is 9.10. The van der Waals surface area contributed by atoms with Crippen LogP contribution in [-0.4, -0.2) is 28.2 Å². The maximum atomic E-state index is 12.0. The highest BCUT2D eigenvalue weighted by atomic mass is 79.9. The highest BCUT2D eigenvalue weighted by Crippen LogP contribution is 2.25. The molecule has 1 fully saturated rings. The summed E-state index contributed by atoms with van der Waals surface area (Å²) in [5.74, 6) is 0.863. The maximum absolute atomic E-state index is 12.0. The third-order valence-corrected chi connectivity index (χ3v) is 4.02. The second kappa shape index (κ2) is 5.15. The quantitative estimate of drug-likeness (QED) is 0.716. The van der Waals surface area contributed by atoms with Crippen LogP contribution in [0.15, 0.2) is 0 Å². The molecule has 1 aliphatic rings. The molecule has 0 saturated carbocycles. The minimum Gasteiger partial charge on any atom is -0.338 e. The number of amides is 1. The lowest BCUT2D eigenvalue weighted by Gasteiger charge is -2.29. The van der Waals surface area contributed by atoms with Gasteiger partial charge in [-0.25, -0.2) is 0 Å². The van der Waals surface area contributed by atoms with E-state index in [0.717, 1.165) is 19.4 Å². The molecule has 0 spiro atoms. The van der Waals surface area contributed by atoms with Crippen molar-refractivity contribution < 1.29 is 4.79 Å². The van der Waals surface area contributed by atoms with Crippen LogP contribution in [-0.2, 0) is 4.79 Å². The zero-order valence-electron chi connectivity index (χ0n) is 9.29. The zero-order chi connectivity index (χ0) is 10.7. The summed E-state index contributed by atoms with van der Waals surface area (Å²) in [6.45, 7) is 7.39. The highest BCUT2D eigenvalue weighted by Gasteiger charge is 2.32. The summed E-state index contributed by atoms with van der Waals surface area (Å²) in [5, 5.41) is 0. The molecule has 2 unspecified atom stereocenters. The number of nitrogens with zero attached hydrogens (tertiary/aromatic N) is 1. The average Bonchev–Trinajstić information content (AvgIpc) is 2.63. The predicted molar refractivity (Wildman–Crippen MR) is 62.6 cm³/mol. The van der Waals surface area contributed by atoms with Crippen LogP contribution in [0.25, 0.3) is 0 Å². The van der Waals surface area contributed by atoms with Crippen molar-refractivity contribution in [3.8, 4) is 0 Å². The van der Waals surface area contributed by atoms with Gasteiger partial charge in [0.2, 0.25) is 5.91 Å². The van der Waals surface area contributed by atoms with Gasteiger partial charge in [0.25, 0.3) is 0 Å². The zero-order valence-corrected chi connectivity index (χ0v) is 10.9. The number of likely N-dealkylation sites (tertiary alicyclic amines) is 1. The van der Waals surface area contributed by atoms with Gasteiger partial charge < -0.3 is 4.90 Å². The average molecular weight is 262 g/mol. The van der Waals surface area contributed by atoms with Gasteiger partial charge in [0, 0.05) is 12.6 Å². The molecular weight excluding hydrogens is 242 g/mol. The third-order valence-electron chi connectivity index (χ3n) is 2.98. The Labute approximate surface area is 95.2 Å². The van der Waals surface area contributed by atoms with Crippen LogP contribution >= 0.6 is 15.9 Å². The largest absolute Gasteiger partial charge is 0.338 e. The number of halogens is 1. The van der Waals surface area contributed by atoms with Crippen LogP contribution in [0, 0.1) is 5.92 Å². The van der Waals surface area contributed by atoms with E-state index in [2.05, 4.69) is 34.7 Å². The molecule has 1 heterocycles. The summed E-state index contributed by atoms with van der Waals surface area (Å²) >= 11 is 3.44. The van der Waals surface area contributed by atoms with Crippen LogP contribution in [0.5, 0.6) is 0 Å². The van der Waals surface area contributed by atoms with Gasteiger partial charge in [0.05, 0.1) is 4.83 Å². The molecule has 2 atom stereocenters. The van der Waals surface area contributed by atoms with Gasteiger partial charge in [-0.2, -0.15) is 0 Å². The Morgan fingerprint density at radius 1 is 1.57 bits per heavy atom. The molecule has 1 amide bonds. The predicted octanol–water partition coefficient (Wildman–Crippen LogP) is 2.81. The molecule has 0 aromatic carbocycles. The van der Waals surface area contributed by atoms with Gasteiger partial charge in [-0.3, -0.25) is 4.79 Å². The molecule has 1 rings (SSSR count). The van der Waals surface area contributed by atoms with Gasteiger partial charge in [0.1, 0.15) is 0 Å². The van der Waals surface area contributed by atoms with Crippen molar-refractivity contribution in [1.29, 1.82) is 0 Å². The Kier molecular flexibility index (Phi) is 4.42. The Morgan fingerprint density at radius 3 is 2.71 bits per heavy atom. The van der Waals surface area contributed by atoms with Crippen LogP contribution in [0.2, 0.25) is 0 Å². The Morgan fingerprint density at radius 2 is 2.21 bits per heavy atom. The molecule has 2 nitrogen and oxygen atoms in total. The van der Waals surface area contributed by atoms with Crippen molar-refractivity contribution in [2.24, 2.45) is 5.92 Å². The molecule has 0 radical (unpaired) electrons. The van der Waals surface area contributed by atoms with Crippen molar-refractivity contribution in [3.05, 3.63) is 0 Å². The molecule has 1 saturated heterocycles. The maximum Gasteiger partial charge on any atom is 0.236 e. The van der Waals surface area contributed by atoms with Crippen molar-refractivity contribution in [1.82, 2.24) is 4.90 Å². The molecule has 82 valence electrons. The number of alkyl halides is 1. The lowest BCUT2D eigenvalue weighted by molar-refractivity contribution is -0.132. The SMILES string of the molecule is CCC(Br)C(=O)N1CCCC1C(C)C. The minimum absolute atomic E-state index is 0.0156. The number of hydrogen-bond acceptors (Lipinski definition) is 1. The number of hydrogen-bond donors (Lipinski definition) is 0. The molecule has 0 N–H and O–H groups in total. The van der Waals surface area contributed by atoms with E-state index in [1.165, 1.54) is 6.42 Å². The Hall–Kier alpha value is -0.0500. The van der Waals surface area contributed by atoms with E-state index >= 15 is 0 Å². The van der Waals surface area contributed by atoms with Crippen molar-refractivity contribution in [3.63, 3.8) is 0 Å². The summed E-state index contributed by atoms with van der Waals surface area (Å²) in [6.07, 6.45) is 3.21. The first-order valence-electron chi connectivity index (χ1n) is 5.52. The van der Waals surface area contributed by atoms with Crippen molar-refractivity contribution in [2.45, 2.75) is 50.9 Å². The minimum atomic E-state index is 0.0156. The van der Waals surface area contributed by atoms with Gasteiger partial charge >= 0.3 is 0 Å². The first kappa shape index (κ1) is 12.0. The second-order valence-corrected chi connectivity index (χ2v) is 5.47. The number of rotatable bonds is 3. The molecule has 0 aromatic heterocycles. The van der Waals surface area contributed by atoms with E-state index < -0.39 is 0 Å². The molecule has 0 aliphatic carbocycles. The van der Waals surface area contributed by atoms with Gasteiger partial charge in [-0.15, -0.1) is 0 Å². The smallest absolute Gasteiger partial charge is 0.236 e. The van der Waals surface area contributed by atoms with E-state index in [1.807, 2.05) is 6.92 Å². The van der Waals surface area contributed by atoms with E-state index in [0.29, 0.717) is 12.0 Å². The lowest BCUT2D eigenvalue weighted by Crippen LogP contribution is -2.42. The van der Waals surface area contributed by atoms with Gasteiger partial charge in [-0.1, -0.05) is 36.7 Å².